The van der Waals surface area contributed by atoms with Crippen molar-refractivity contribution >= 4 is 12.0 Å². The van der Waals surface area contributed by atoms with E-state index in [1.54, 1.807) is 12.1 Å². The zero-order chi connectivity index (χ0) is 23.8. The predicted octanol–water partition coefficient (Wildman–Crippen LogP) is 4.47. The van der Waals surface area contributed by atoms with Gasteiger partial charge in [-0.15, -0.1) is 0 Å². The van der Waals surface area contributed by atoms with Gasteiger partial charge in [0.15, 0.2) is 19.4 Å². The molecule has 1 fully saturated rings. The number of rotatable bonds is 6. The van der Waals surface area contributed by atoms with Crippen molar-refractivity contribution in [2.75, 3.05) is 27.8 Å². The molecule has 0 radical (unpaired) electrons. The molecule has 0 spiro atoms. The van der Waals surface area contributed by atoms with Gasteiger partial charge >= 0.3 is 5.97 Å². The number of allylic oxidation sites excluding steroid dienone is 1. The SMILES string of the molecule is COCOc1cc2c(c(OCOC)c1)C(=O)O[C@@H](C)C/C=C/[C@H]1OC(C)(C)O[C@H]1CC/C=C/2. The zero-order valence-electron chi connectivity index (χ0n) is 20.0. The van der Waals surface area contributed by atoms with Crippen LogP contribution in [0.1, 0.15) is 56.0 Å². The van der Waals surface area contributed by atoms with Crippen LogP contribution in [0.15, 0.2) is 30.4 Å². The van der Waals surface area contributed by atoms with E-state index >= 15 is 0 Å². The molecule has 182 valence electrons. The molecule has 1 saturated heterocycles. The summed E-state index contributed by atoms with van der Waals surface area (Å²) in [5.41, 5.74) is 0.945. The van der Waals surface area contributed by atoms with Crippen LogP contribution in [0.3, 0.4) is 0 Å². The molecule has 1 aromatic carbocycles. The smallest absolute Gasteiger partial charge is 0.342 e. The molecule has 33 heavy (non-hydrogen) atoms. The molecule has 0 aliphatic carbocycles. The van der Waals surface area contributed by atoms with E-state index in [0.717, 1.165) is 12.8 Å². The van der Waals surface area contributed by atoms with Crippen LogP contribution in [0.4, 0.5) is 0 Å². The Labute approximate surface area is 195 Å². The fourth-order valence-corrected chi connectivity index (χ4v) is 3.82. The first-order valence-corrected chi connectivity index (χ1v) is 11.1. The van der Waals surface area contributed by atoms with E-state index in [-0.39, 0.29) is 31.9 Å². The summed E-state index contributed by atoms with van der Waals surface area (Å²) >= 11 is 0. The minimum Gasteiger partial charge on any atom is -0.467 e. The highest BCUT2D eigenvalue weighted by molar-refractivity contribution is 5.97. The van der Waals surface area contributed by atoms with Crippen LogP contribution in [-0.2, 0) is 23.7 Å². The summed E-state index contributed by atoms with van der Waals surface area (Å²) < 4.78 is 39.2. The van der Waals surface area contributed by atoms with E-state index in [9.17, 15) is 4.79 Å². The molecule has 0 aromatic heterocycles. The lowest BCUT2D eigenvalue weighted by Gasteiger charge is -2.18. The third-order valence-electron chi connectivity index (χ3n) is 5.22. The van der Waals surface area contributed by atoms with Gasteiger partial charge in [0, 0.05) is 26.7 Å². The van der Waals surface area contributed by atoms with Gasteiger partial charge in [0.1, 0.15) is 29.3 Å². The third kappa shape index (κ3) is 7.04. The van der Waals surface area contributed by atoms with Gasteiger partial charge in [-0.05, 0) is 45.2 Å². The zero-order valence-corrected chi connectivity index (χ0v) is 20.0. The number of hydrogen-bond acceptors (Lipinski definition) is 8. The van der Waals surface area contributed by atoms with E-state index in [0.29, 0.717) is 29.0 Å². The molecule has 3 rings (SSSR count). The van der Waals surface area contributed by atoms with Crippen LogP contribution in [0.25, 0.3) is 6.08 Å². The van der Waals surface area contributed by atoms with Crippen LogP contribution < -0.4 is 9.47 Å². The lowest BCUT2D eigenvalue weighted by molar-refractivity contribution is -0.143. The van der Waals surface area contributed by atoms with Crippen molar-refractivity contribution in [3.05, 3.63) is 41.5 Å². The maximum Gasteiger partial charge on any atom is 0.342 e. The fraction of sp³-hybridized carbons (Fsp3) is 0.560. The topological polar surface area (TPSA) is 81.7 Å². The monoisotopic (exact) mass is 462 g/mol. The number of fused-ring (bicyclic) bond motifs is 2. The molecule has 8 heteroatoms. The average Bonchev–Trinajstić information content (AvgIpc) is 3.06. The Kier molecular flexibility index (Phi) is 8.91. The van der Waals surface area contributed by atoms with E-state index in [2.05, 4.69) is 0 Å². The second-order valence-corrected chi connectivity index (χ2v) is 8.49. The molecule has 2 aliphatic heterocycles. The molecule has 3 atom stereocenters. The quantitative estimate of drug-likeness (QED) is 0.348. The minimum atomic E-state index is -0.636. The van der Waals surface area contributed by atoms with Gasteiger partial charge in [-0.25, -0.2) is 4.79 Å². The van der Waals surface area contributed by atoms with Gasteiger partial charge in [-0.3, -0.25) is 0 Å². The Morgan fingerprint density at radius 2 is 1.82 bits per heavy atom. The summed E-state index contributed by atoms with van der Waals surface area (Å²) in [7, 11) is 3.05. The molecule has 0 saturated carbocycles. The highest BCUT2D eigenvalue weighted by Crippen LogP contribution is 2.34. The Bertz CT molecular complexity index is 860. The van der Waals surface area contributed by atoms with Crippen molar-refractivity contribution in [2.24, 2.45) is 0 Å². The molecule has 1 aromatic rings. The Morgan fingerprint density at radius 1 is 1.06 bits per heavy atom. The summed E-state index contributed by atoms with van der Waals surface area (Å²) in [6.45, 7) is 5.73. The maximum atomic E-state index is 13.2. The van der Waals surface area contributed by atoms with E-state index in [4.69, 9.17) is 33.2 Å². The van der Waals surface area contributed by atoms with Crippen LogP contribution in [0, 0.1) is 0 Å². The number of cyclic esters (lactones) is 1. The highest BCUT2D eigenvalue weighted by atomic mass is 16.7. The summed E-state index contributed by atoms with van der Waals surface area (Å²) in [4.78, 5) is 13.2. The number of carbonyl (C=O) groups excluding carboxylic acids is 1. The first kappa shape index (κ1) is 25.2. The molecule has 8 nitrogen and oxygen atoms in total. The molecule has 0 N–H and O–H groups in total. The molecule has 2 heterocycles. The van der Waals surface area contributed by atoms with Crippen LogP contribution in [-0.4, -0.2) is 57.9 Å². The molecule has 2 aliphatic rings. The number of esters is 1. The van der Waals surface area contributed by atoms with Gasteiger partial charge < -0.3 is 33.2 Å². The van der Waals surface area contributed by atoms with Crippen molar-refractivity contribution < 1.29 is 38.0 Å². The van der Waals surface area contributed by atoms with Crippen molar-refractivity contribution in [3.8, 4) is 11.5 Å². The van der Waals surface area contributed by atoms with E-state index in [1.165, 1.54) is 14.2 Å². The number of benzene rings is 1. The second-order valence-electron chi connectivity index (χ2n) is 8.49. The van der Waals surface area contributed by atoms with Crippen molar-refractivity contribution in [2.45, 2.75) is 64.1 Å². The third-order valence-corrected chi connectivity index (χ3v) is 5.22. The lowest BCUT2D eigenvalue weighted by Crippen LogP contribution is -2.21. The van der Waals surface area contributed by atoms with Crippen molar-refractivity contribution in [3.63, 3.8) is 0 Å². The standard InChI is InChI=1S/C25H34O8/c1-17-9-8-12-21-20(32-25(2,3)33-21)11-7-6-10-18-13-19(29-15-27-4)14-22(30-16-28-5)23(18)24(26)31-17/h6,8,10,12-14,17,20-21H,7,9,11,15-16H2,1-5H3/b10-6+,12-8+/t17-,20-,21+/m0/s1. The van der Waals surface area contributed by atoms with Gasteiger partial charge in [-0.2, -0.15) is 0 Å². The molecule has 0 amide bonds. The summed E-state index contributed by atoms with van der Waals surface area (Å²) in [5, 5.41) is 0. The van der Waals surface area contributed by atoms with Crippen molar-refractivity contribution in [1.82, 2.24) is 0 Å². The summed E-state index contributed by atoms with van der Waals surface area (Å²) in [6, 6.07) is 3.40. The number of methoxy groups -OCH3 is 2. The van der Waals surface area contributed by atoms with Crippen molar-refractivity contribution in [1.29, 1.82) is 0 Å². The predicted molar refractivity (Wildman–Crippen MR) is 122 cm³/mol. The van der Waals surface area contributed by atoms with Gasteiger partial charge in [0.25, 0.3) is 0 Å². The highest BCUT2D eigenvalue weighted by Gasteiger charge is 2.39. The largest absolute Gasteiger partial charge is 0.467 e. The molecular weight excluding hydrogens is 428 g/mol. The van der Waals surface area contributed by atoms with Gasteiger partial charge in [0.2, 0.25) is 0 Å². The number of hydrogen-bond donors (Lipinski definition) is 0. The fourth-order valence-electron chi connectivity index (χ4n) is 3.82. The Morgan fingerprint density at radius 3 is 2.58 bits per heavy atom. The average molecular weight is 463 g/mol. The lowest BCUT2D eigenvalue weighted by atomic mass is 10.0. The van der Waals surface area contributed by atoms with E-state index < -0.39 is 11.8 Å². The van der Waals surface area contributed by atoms with Gasteiger partial charge in [0.05, 0.1) is 6.10 Å². The van der Waals surface area contributed by atoms with E-state index in [1.807, 2.05) is 45.1 Å². The van der Waals surface area contributed by atoms with Crippen LogP contribution in [0.5, 0.6) is 11.5 Å². The first-order chi connectivity index (χ1) is 15.8. The second kappa shape index (κ2) is 11.7. The summed E-state index contributed by atoms with van der Waals surface area (Å²) in [6.07, 6.45) is 9.36. The minimum absolute atomic E-state index is 0.0222. The Balaban J connectivity index is 1.95. The van der Waals surface area contributed by atoms with Gasteiger partial charge in [-0.1, -0.05) is 24.3 Å². The maximum absolute atomic E-state index is 13.2. The molecular formula is C25H34O8. The molecule has 0 unspecified atom stereocenters. The normalized spacial score (nSPS) is 26.9. The first-order valence-electron chi connectivity index (χ1n) is 11.1. The molecule has 0 bridgehead atoms. The Hall–Kier alpha value is -2.39. The van der Waals surface area contributed by atoms with Crippen LogP contribution >= 0.6 is 0 Å². The number of ether oxygens (including phenoxy) is 7. The number of carbonyl (C=O) groups is 1. The van der Waals surface area contributed by atoms with Crippen LogP contribution in [0.2, 0.25) is 0 Å². The summed E-state index contributed by atoms with van der Waals surface area (Å²) in [5.74, 6) is -0.287.